The van der Waals surface area contributed by atoms with Crippen molar-refractivity contribution in [2.75, 3.05) is 33.9 Å². The van der Waals surface area contributed by atoms with E-state index in [2.05, 4.69) is 27.8 Å². The van der Waals surface area contributed by atoms with Crippen LogP contribution in [0.3, 0.4) is 0 Å². The maximum atomic E-state index is 12.1. The molecule has 0 aliphatic carbocycles. The van der Waals surface area contributed by atoms with E-state index in [9.17, 15) is 4.79 Å². The first-order valence-electron chi connectivity index (χ1n) is 10.3. The number of amides is 1. The lowest BCUT2D eigenvalue weighted by molar-refractivity contribution is 0.0285. The van der Waals surface area contributed by atoms with Crippen LogP contribution in [0.5, 0.6) is 0 Å². The lowest BCUT2D eigenvalue weighted by Crippen LogP contribution is -2.37. The number of guanidine groups is 1. The molecule has 0 unspecified atom stereocenters. The van der Waals surface area contributed by atoms with Crippen molar-refractivity contribution < 1.29 is 14.3 Å². The van der Waals surface area contributed by atoms with Gasteiger partial charge in [-0.15, -0.1) is 24.0 Å². The molecule has 0 radical (unpaired) electrons. The van der Waals surface area contributed by atoms with Crippen LogP contribution in [-0.2, 0) is 22.6 Å². The smallest absolute Gasteiger partial charge is 0.410 e. The van der Waals surface area contributed by atoms with Crippen molar-refractivity contribution in [3.8, 4) is 0 Å². The van der Waals surface area contributed by atoms with E-state index < -0.39 is 5.60 Å². The second-order valence-electron chi connectivity index (χ2n) is 7.91. The van der Waals surface area contributed by atoms with Crippen LogP contribution in [0, 0.1) is 0 Å². The van der Waals surface area contributed by atoms with Crippen LogP contribution in [0.15, 0.2) is 29.3 Å². The van der Waals surface area contributed by atoms with Gasteiger partial charge in [0.05, 0.1) is 0 Å². The third-order valence-corrected chi connectivity index (χ3v) is 4.04. The van der Waals surface area contributed by atoms with Gasteiger partial charge in [0, 0.05) is 46.9 Å². The van der Waals surface area contributed by atoms with E-state index in [1.54, 1.807) is 19.0 Å². The zero-order chi connectivity index (χ0) is 21.7. The van der Waals surface area contributed by atoms with Gasteiger partial charge in [-0.3, -0.25) is 4.99 Å². The van der Waals surface area contributed by atoms with Gasteiger partial charge in [-0.2, -0.15) is 0 Å². The zero-order valence-corrected chi connectivity index (χ0v) is 21.6. The number of halogens is 1. The summed E-state index contributed by atoms with van der Waals surface area (Å²) in [5, 5.41) is 6.63. The van der Waals surface area contributed by atoms with E-state index in [1.165, 1.54) is 0 Å². The Hall–Kier alpha value is -1.55. The van der Waals surface area contributed by atoms with Crippen LogP contribution in [0.25, 0.3) is 0 Å². The third kappa shape index (κ3) is 12.9. The van der Waals surface area contributed by atoms with Crippen LogP contribution < -0.4 is 10.6 Å². The molecule has 172 valence electrons. The Labute approximate surface area is 199 Å². The Balaban J connectivity index is 0.00000841. The van der Waals surface area contributed by atoms with Crippen LogP contribution in [0.1, 0.15) is 51.7 Å². The minimum atomic E-state index is -0.489. The second-order valence-corrected chi connectivity index (χ2v) is 7.91. The summed E-state index contributed by atoms with van der Waals surface area (Å²) in [6.45, 7) is 11.2. The lowest BCUT2D eigenvalue weighted by atomic mass is 10.1. The lowest BCUT2D eigenvalue weighted by Gasteiger charge is -2.24. The first-order chi connectivity index (χ1) is 13.7. The van der Waals surface area contributed by atoms with Crippen LogP contribution in [-0.4, -0.2) is 56.4 Å². The summed E-state index contributed by atoms with van der Waals surface area (Å²) in [5.74, 6) is 0.787. The molecule has 0 bridgehead atoms. The highest BCUT2D eigenvalue weighted by atomic mass is 127. The quantitative estimate of drug-likeness (QED) is 0.204. The van der Waals surface area contributed by atoms with Crippen molar-refractivity contribution in [3.63, 3.8) is 0 Å². The summed E-state index contributed by atoms with van der Waals surface area (Å²) >= 11 is 0. The monoisotopic (exact) mass is 534 g/mol. The number of hydrogen-bond acceptors (Lipinski definition) is 4. The van der Waals surface area contributed by atoms with Crippen molar-refractivity contribution >= 4 is 36.0 Å². The van der Waals surface area contributed by atoms with Crippen LogP contribution in [0.2, 0.25) is 0 Å². The average Bonchev–Trinajstić information content (AvgIpc) is 2.66. The van der Waals surface area contributed by atoms with Gasteiger partial charge in [-0.05, 0) is 51.7 Å². The third-order valence-electron chi connectivity index (χ3n) is 4.04. The van der Waals surface area contributed by atoms with E-state index in [-0.39, 0.29) is 30.1 Å². The SMILES string of the molecule is CCOCCCCNC(=NC)NCc1ccc(CN(C)C(=O)OC(C)(C)C)cc1.I. The molecule has 1 amide bonds. The fourth-order valence-electron chi connectivity index (χ4n) is 2.53. The van der Waals surface area contributed by atoms with Gasteiger partial charge in [0.2, 0.25) is 0 Å². The molecular formula is C22H39IN4O3. The van der Waals surface area contributed by atoms with Crippen LogP contribution in [0.4, 0.5) is 4.79 Å². The van der Waals surface area contributed by atoms with E-state index >= 15 is 0 Å². The highest BCUT2D eigenvalue weighted by molar-refractivity contribution is 14.0. The molecule has 2 N–H and O–H groups in total. The van der Waals surface area contributed by atoms with Gasteiger partial charge >= 0.3 is 6.09 Å². The average molecular weight is 534 g/mol. The normalized spacial score (nSPS) is 11.5. The molecule has 0 heterocycles. The summed E-state index contributed by atoms with van der Waals surface area (Å²) in [6, 6.07) is 8.17. The summed E-state index contributed by atoms with van der Waals surface area (Å²) in [6.07, 6.45) is 1.76. The standard InChI is InChI=1S/C22H38N4O3.HI/c1-7-28-15-9-8-14-24-20(23-5)25-16-18-10-12-19(13-11-18)17-26(6)21(27)29-22(2,3)4;/h10-13H,7-9,14-17H2,1-6H3,(H2,23,24,25);1H. The minimum Gasteiger partial charge on any atom is -0.444 e. The summed E-state index contributed by atoms with van der Waals surface area (Å²) in [5.41, 5.74) is 1.71. The van der Waals surface area contributed by atoms with Crippen molar-refractivity contribution in [1.82, 2.24) is 15.5 Å². The van der Waals surface area contributed by atoms with Gasteiger partial charge in [-0.1, -0.05) is 24.3 Å². The maximum Gasteiger partial charge on any atom is 0.410 e. The number of carbonyl (C=O) groups excluding carboxylic acids is 1. The molecule has 0 saturated heterocycles. The molecule has 0 fully saturated rings. The molecule has 0 atom stereocenters. The zero-order valence-electron chi connectivity index (χ0n) is 19.3. The molecule has 0 saturated carbocycles. The molecule has 7 nitrogen and oxygen atoms in total. The van der Waals surface area contributed by atoms with Gasteiger partial charge in [0.15, 0.2) is 5.96 Å². The Morgan fingerprint density at radius 3 is 2.30 bits per heavy atom. The minimum absolute atomic E-state index is 0. The number of rotatable bonds is 10. The highest BCUT2D eigenvalue weighted by Crippen LogP contribution is 2.12. The highest BCUT2D eigenvalue weighted by Gasteiger charge is 2.19. The van der Waals surface area contributed by atoms with E-state index in [0.29, 0.717) is 13.1 Å². The molecule has 30 heavy (non-hydrogen) atoms. The molecule has 0 aromatic heterocycles. The molecule has 0 spiro atoms. The molecule has 1 rings (SSSR count). The summed E-state index contributed by atoms with van der Waals surface area (Å²) in [4.78, 5) is 17.9. The Bertz CT molecular complexity index is 630. The Kier molecular flexibility index (Phi) is 14.5. The topological polar surface area (TPSA) is 75.2 Å². The number of ether oxygens (including phenoxy) is 2. The van der Waals surface area contributed by atoms with Crippen molar-refractivity contribution in [2.24, 2.45) is 4.99 Å². The molecule has 0 aliphatic rings. The maximum absolute atomic E-state index is 12.1. The largest absolute Gasteiger partial charge is 0.444 e. The molecule has 1 aromatic carbocycles. The van der Waals surface area contributed by atoms with Gasteiger partial charge in [0.1, 0.15) is 5.60 Å². The number of hydrogen-bond donors (Lipinski definition) is 2. The van der Waals surface area contributed by atoms with Crippen LogP contribution >= 0.6 is 24.0 Å². The molecule has 0 aliphatic heterocycles. The predicted octanol–water partition coefficient (Wildman–Crippen LogP) is 4.15. The number of aliphatic imine (C=N–C) groups is 1. The molecule has 8 heteroatoms. The fourth-order valence-corrected chi connectivity index (χ4v) is 2.53. The molecular weight excluding hydrogens is 495 g/mol. The van der Waals surface area contributed by atoms with Crippen molar-refractivity contribution in [2.45, 2.75) is 59.2 Å². The number of carbonyl (C=O) groups is 1. The Morgan fingerprint density at radius 2 is 1.73 bits per heavy atom. The number of benzene rings is 1. The first kappa shape index (κ1) is 28.5. The first-order valence-corrected chi connectivity index (χ1v) is 10.3. The van der Waals surface area contributed by atoms with Crippen molar-refractivity contribution in [1.29, 1.82) is 0 Å². The van der Waals surface area contributed by atoms with Gasteiger partial charge < -0.3 is 25.0 Å². The van der Waals surface area contributed by atoms with Crippen molar-refractivity contribution in [3.05, 3.63) is 35.4 Å². The second kappa shape index (κ2) is 15.3. The van der Waals surface area contributed by atoms with Gasteiger partial charge in [-0.25, -0.2) is 4.79 Å². The van der Waals surface area contributed by atoms with E-state index in [1.807, 2.05) is 39.8 Å². The predicted molar refractivity (Wildman–Crippen MR) is 133 cm³/mol. The number of nitrogens with zero attached hydrogens (tertiary/aromatic N) is 2. The van der Waals surface area contributed by atoms with E-state index in [0.717, 1.165) is 49.7 Å². The summed E-state index contributed by atoms with van der Waals surface area (Å²) < 4.78 is 10.7. The number of nitrogens with one attached hydrogen (secondary N) is 2. The molecule has 1 aromatic rings. The van der Waals surface area contributed by atoms with Gasteiger partial charge in [0.25, 0.3) is 0 Å². The number of unbranched alkanes of at least 4 members (excludes halogenated alkanes) is 1. The van der Waals surface area contributed by atoms with E-state index in [4.69, 9.17) is 9.47 Å². The Morgan fingerprint density at radius 1 is 1.10 bits per heavy atom. The summed E-state index contributed by atoms with van der Waals surface area (Å²) in [7, 11) is 3.51. The fraction of sp³-hybridized carbons (Fsp3) is 0.636.